The van der Waals surface area contributed by atoms with E-state index in [2.05, 4.69) is 127 Å². The molecule has 6 rings (SSSR count). The zero-order chi connectivity index (χ0) is 22.0. The maximum atomic E-state index is 4.95. The van der Waals surface area contributed by atoms with Gasteiger partial charge in [0.15, 0.2) is 0 Å². The smallest absolute Gasteiger partial charge is 0.0688 e. The van der Waals surface area contributed by atoms with Crippen LogP contribution in [0.2, 0.25) is 0 Å². The molecule has 5 aromatic carbocycles. The van der Waals surface area contributed by atoms with E-state index in [1.54, 1.807) is 0 Å². The Morgan fingerprint density at radius 3 is 1.94 bits per heavy atom. The van der Waals surface area contributed by atoms with Crippen LogP contribution in [0.15, 0.2) is 126 Å². The maximum absolute atomic E-state index is 4.95. The fourth-order valence-corrected chi connectivity index (χ4v) is 4.92. The van der Waals surface area contributed by atoms with Gasteiger partial charge in [-0.2, -0.15) is 5.10 Å². The molecular formula is C31H24N2. The van der Waals surface area contributed by atoms with Crippen LogP contribution < -0.4 is 5.43 Å². The van der Waals surface area contributed by atoms with Crippen molar-refractivity contribution in [1.82, 2.24) is 0 Å². The van der Waals surface area contributed by atoms with Gasteiger partial charge in [-0.25, -0.2) is 0 Å². The van der Waals surface area contributed by atoms with Crippen LogP contribution in [0.25, 0.3) is 21.9 Å². The zero-order valence-electron chi connectivity index (χ0n) is 18.3. The quantitative estimate of drug-likeness (QED) is 0.225. The van der Waals surface area contributed by atoms with Gasteiger partial charge < -0.3 is 0 Å². The van der Waals surface area contributed by atoms with Gasteiger partial charge in [-0.3, -0.25) is 5.43 Å². The van der Waals surface area contributed by atoms with Crippen molar-refractivity contribution in [2.75, 3.05) is 5.43 Å². The summed E-state index contributed by atoms with van der Waals surface area (Å²) in [7, 11) is 0. The Balaban J connectivity index is 1.38. The van der Waals surface area contributed by atoms with Crippen LogP contribution in [-0.4, -0.2) is 5.71 Å². The summed E-state index contributed by atoms with van der Waals surface area (Å²) in [5, 5.41) is 7.38. The molecule has 0 radical (unpaired) electrons. The van der Waals surface area contributed by atoms with E-state index in [4.69, 9.17) is 5.10 Å². The van der Waals surface area contributed by atoms with Crippen LogP contribution in [0.3, 0.4) is 0 Å². The lowest BCUT2D eigenvalue weighted by Crippen LogP contribution is -2.10. The molecule has 2 nitrogen and oxygen atoms in total. The minimum atomic E-state index is 0.287. The number of fused-ring (bicyclic) bond motifs is 4. The molecule has 0 heterocycles. The summed E-state index contributed by atoms with van der Waals surface area (Å²) in [5.74, 6) is 0.287. The van der Waals surface area contributed by atoms with Gasteiger partial charge in [-0.05, 0) is 50.7 Å². The molecule has 1 aliphatic rings. The highest BCUT2D eigenvalue weighted by molar-refractivity contribution is 6.02. The Kier molecular flexibility index (Phi) is 4.97. The lowest BCUT2D eigenvalue weighted by molar-refractivity contribution is 0.880. The third kappa shape index (κ3) is 3.70. The number of nitrogens with one attached hydrogen (secondary N) is 1. The molecule has 0 aliphatic heterocycles. The largest absolute Gasteiger partial charge is 0.278 e. The first kappa shape index (κ1) is 19.5. The second-order valence-corrected chi connectivity index (χ2v) is 8.53. The van der Waals surface area contributed by atoms with Gasteiger partial charge in [0, 0.05) is 12.3 Å². The Labute approximate surface area is 194 Å². The van der Waals surface area contributed by atoms with Gasteiger partial charge in [-0.1, -0.05) is 109 Å². The summed E-state index contributed by atoms with van der Waals surface area (Å²) >= 11 is 0. The van der Waals surface area contributed by atoms with E-state index >= 15 is 0 Å². The van der Waals surface area contributed by atoms with E-state index in [0.717, 1.165) is 23.4 Å². The summed E-state index contributed by atoms with van der Waals surface area (Å²) < 4.78 is 0. The van der Waals surface area contributed by atoms with E-state index in [1.807, 2.05) is 0 Å². The first-order valence-electron chi connectivity index (χ1n) is 11.4. The fraction of sp³-hybridized carbons (Fsp3) is 0.0645. The third-order valence-corrected chi connectivity index (χ3v) is 6.54. The molecule has 33 heavy (non-hydrogen) atoms. The fourth-order valence-electron chi connectivity index (χ4n) is 4.92. The van der Waals surface area contributed by atoms with Gasteiger partial charge in [0.25, 0.3) is 0 Å². The van der Waals surface area contributed by atoms with Crippen molar-refractivity contribution in [1.29, 1.82) is 0 Å². The zero-order valence-corrected chi connectivity index (χ0v) is 18.3. The SMILES string of the molecule is c1ccc(C(CC2c3ccccc3-c3ccccc32)=NNc2ccc3ccccc3c2)cc1. The molecular weight excluding hydrogens is 400 g/mol. The first-order chi connectivity index (χ1) is 16.4. The predicted octanol–water partition coefficient (Wildman–Crippen LogP) is 7.86. The van der Waals surface area contributed by atoms with Gasteiger partial charge in [0.1, 0.15) is 0 Å². The van der Waals surface area contributed by atoms with Crippen molar-refractivity contribution in [3.05, 3.63) is 138 Å². The second kappa shape index (κ2) is 8.40. The van der Waals surface area contributed by atoms with Crippen LogP contribution in [0.5, 0.6) is 0 Å². The van der Waals surface area contributed by atoms with Crippen molar-refractivity contribution in [2.24, 2.45) is 5.10 Å². The molecule has 0 amide bonds. The van der Waals surface area contributed by atoms with E-state index in [1.165, 1.54) is 33.0 Å². The van der Waals surface area contributed by atoms with Gasteiger partial charge in [-0.15, -0.1) is 0 Å². The van der Waals surface area contributed by atoms with Crippen LogP contribution in [-0.2, 0) is 0 Å². The van der Waals surface area contributed by atoms with Crippen molar-refractivity contribution in [3.8, 4) is 11.1 Å². The summed E-state index contributed by atoms with van der Waals surface area (Å²) in [5.41, 5.74) is 12.0. The number of nitrogens with zero attached hydrogens (tertiary/aromatic N) is 1. The lowest BCUT2D eigenvalue weighted by atomic mass is 9.89. The Bertz CT molecular complexity index is 1420. The van der Waals surface area contributed by atoms with E-state index < -0.39 is 0 Å². The van der Waals surface area contributed by atoms with E-state index in [0.29, 0.717) is 0 Å². The summed E-state index contributed by atoms with van der Waals surface area (Å²) in [6, 6.07) is 42.8. The van der Waals surface area contributed by atoms with Gasteiger partial charge in [0.2, 0.25) is 0 Å². The highest BCUT2D eigenvalue weighted by Crippen LogP contribution is 2.46. The van der Waals surface area contributed by atoms with Crippen LogP contribution >= 0.6 is 0 Å². The standard InChI is InChI=1S/C31H24N2/c1-2-11-23(12-3-1)31(33-32-25-19-18-22-10-4-5-13-24(22)20-25)21-30-28-16-8-6-14-26(28)27-15-7-9-17-29(27)30/h1-20,30,32H,21H2. The lowest BCUT2D eigenvalue weighted by Gasteiger charge is -2.16. The van der Waals surface area contributed by atoms with Crippen molar-refractivity contribution in [2.45, 2.75) is 12.3 Å². The molecule has 2 heteroatoms. The van der Waals surface area contributed by atoms with Gasteiger partial charge in [0.05, 0.1) is 11.4 Å². The summed E-state index contributed by atoms with van der Waals surface area (Å²) in [6.07, 6.45) is 0.832. The molecule has 0 fully saturated rings. The first-order valence-corrected chi connectivity index (χ1v) is 11.4. The molecule has 158 valence electrons. The third-order valence-electron chi connectivity index (χ3n) is 6.54. The van der Waals surface area contributed by atoms with Crippen molar-refractivity contribution >= 4 is 22.2 Å². The number of hydrogen-bond acceptors (Lipinski definition) is 2. The number of hydrogen-bond donors (Lipinski definition) is 1. The van der Waals surface area contributed by atoms with E-state index in [-0.39, 0.29) is 5.92 Å². The topological polar surface area (TPSA) is 24.4 Å². The Hall–Kier alpha value is -4.17. The Morgan fingerprint density at radius 2 is 1.21 bits per heavy atom. The number of rotatable bonds is 5. The Morgan fingerprint density at radius 1 is 0.606 bits per heavy atom. The minimum absolute atomic E-state index is 0.287. The molecule has 1 N–H and O–H groups in total. The molecule has 0 bridgehead atoms. The van der Waals surface area contributed by atoms with Crippen LogP contribution in [0.4, 0.5) is 5.69 Å². The predicted molar refractivity (Wildman–Crippen MR) is 139 cm³/mol. The minimum Gasteiger partial charge on any atom is -0.278 e. The molecule has 5 aromatic rings. The van der Waals surface area contributed by atoms with Crippen LogP contribution in [0, 0.1) is 0 Å². The average Bonchev–Trinajstić information content (AvgIpc) is 3.20. The van der Waals surface area contributed by atoms with Crippen molar-refractivity contribution in [3.63, 3.8) is 0 Å². The highest BCUT2D eigenvalue weighted by atomic mass is 15.3. The van der Waals surface area contributed by atoms with Gasteiger partial charge >= 0.3 is 0 Å². The molecule has 1 aliphatic carbocycles. The maximum Gasteiger partial charge on any atom is 0.0688 e. The average molecular weight is 425 g/mol. The molecule has 0 saturated heterocycles. The van der Waals surface area contributed by atoms with Crippen LogP contribution in [0.1, 0.15) is 29.0 Å². The molecule has 0 saturated carbocycles. The molecule has 0 spiro atoms. The molecule has 0 aromatic heterocycles. The summed E-state index contributed by atoms with van der Waals surface area (Å²) in [6.45, 7) is 0. The number of anilines is 1. The van der Waals surface area contributed by atoms with E-state index in [9.17, 15) is 0 Å². The molecule has 0 unspecified atom stereocenters. The number of benzene rings is 5. The molecule has 0 atom stereocenters. The number of hydrazone groups is 1. The van der Waals surface area contributed by atoms with Crippen molar-refractivity contribution < 1.29 is 0 Å². The highest BCUT2D eigenvalue weighted by Gasteiger charge is 2.29. The second-order valence-electron chi connectivity index (χ2n) is 8.53. The monoisotopic (exact) mass is 424 g/mol. The summed E-state index contributed by atoms with van der Waals surface area (Å²) in [4.78, 5) is 0. The normalized spacial score (nSPS) is 13.0.